The molecule has 98 valence electrons. The van der Waals surface area contributed by atoms with Crippen molar-refractivity contribution in [3.05, 3.63) is 29.3 Å². The average Bonchev–Trinajstić information content (AvgIpc) is 2.25. The minimum absolute atomic E-state index is 0.166. The van der Waals surface area contributed by atoms with E-state index in [1.165, 1.54) is 0 Å². The van der Waals surface area contributed by atoms with Crippen molar-refractivity contribution in [3.63, 3.8) is 0 Å². The van der Waals surface area contributed by atoms with Crippen molar-refractivity contribution in [1.29, 1.82) is 0 Å². The lowest BCUT2D eigenvalue weighted by Gasteiger charge is -2.19. The summed E-state index contributed by atoms with van der Waals surface area (Å²) in [5.74, 6) is 0.0869. The van der Waals surface area contributed by atoms with Crippen molar-refractivity contribution in [3.8, 4) is 5.75 Å². The highest BCUT2D eigenvalue weighted by molar-refractivity contribution is 5.78. The smallest absolute Gasteiger partial charge is 0.344 e. The Morgan fingerprint density at radius 2 is 2.00 bits per heavy atom. The van der Waals surface area contributed by atoms with E-state index in [1.807, 2.05) is 0 Å². The van der Waals surface area contributed by atoms with Gasteiger partial charge in [-0.1, -0.05) is 12.1 Å². The van der Waals surface area contributed by atoms with Crippen LogP contribution in [-0.2, 0) is 9.53 Å². The second-order valence-corrected chi connectivity index (χ2v) is 4.96. The highest BCUT2D eigenvalue weighted by atomic mass is 16.6. The molecule has 0 unspecified atom stereocenters. The molecule has 0 radical (unpaired) electrons. The van der Waals surface area contributed by atoms with Gasteiger partial charge in [-0.15, -0.1) is 0 Å². The SMILES string of the molecule is Cc1c(C=O)cccc1OCC(=O)OC(C)(C)C. The lowest BCUT2D eigenvalue weighted by molar-refractivity contribution is -0.157. The van der Waals surface area contributed by atoms with Gasteiger partial charge in [-0.25, -0.2) is 4.79 Å². The van der Waals surface area contributed by atoms with E-state index in [4.69, 9.17) is 9.47 Å². The van der Waals surface area contributed by atoms with Crippen LogP contribution in [0.15, 0.2) is 18.2 Å². The van der Waals surface area contributed by atoms with Gasteiger partial charge in [0.2, 0.25) is 0 Å². The molecule has 1 aromatic rings. The second-order valence-electron chi connectivity index (χ2n) is 4.96. The standard InChI is InChI=1S/C14H18O4/c1-10-11(8-15)6-5-7-12(10)17-9-13(16)18-14(2,3)4/h5-8H,9H2,1-4H3. The van der Waals surface area contributed by atoms with Gasteiger partial charge in [0.25, 0.3) is 0 Å². The number of ether oxygens (including phenoxy) is 2. The Morgan fingerprint density at radius 3 is 2.56 bits per heavy atom. The zero-order chi connectivity index (χ0) is 13.8. The van der Waals surface area contributed by atoms with Crippen LogP contribution in [0.3, 0.4) is 0 Å². The van der Waals surface area contributed by atoms with Gasteiger partial charge in [-0.05, 0) is 33.8 Å². The topological polar surface area (TPSA) is 52.6 Å². The Morgan fingerprint density at radius 1 is 1.33 bits per heavy atom. The monoisotopic (exact) mass is 250 g/mol. The second kappa shape index (κ2) is 5.67. The van der Waals surface area contributed by atoms with Crippen LogP contribution in [-0.4, -0.2) is 24.5 Å². The first-order valence-corrected chi connectivity index (χ1v) is 5.73. The van der Waals surface area contributed by atoms with Crippen LogP contribution in [0, 0.1) is 6.92 Å². The third kappa shape index (κ3) is 4.20. The Kier molecular flexibility index (Phi) is 4.48. The molecule has 0 spiro atoms. The summed E-state index contributed by atoms with van der Waals surface area (Å²) in [6.07, 6.45) is 0.760. The molecule has 0 aliphatic carbocycles. The Labute approximate surface area is 107 Å². The summed E-state index contributed by atoms with van der Waals surface area (Å²) >= 11 is 0. The van der Waals surface area contributed by atoms with Crippen molar-refractivity contribution in [2.45, 2.75) is 33.3 Å². The molecule has 0 saturated carbocycles. The van der Waals surface area contributed by atoms with E-state index in [-0.39, 0.29) is 6.61 Å². The van der Waals surface area contributed by atoms with Crippen LogP contribution in [0.2, 0.25) is 0 Å². The van der Waals surface area contributed by atoms with E-state index in [2.05, 4.69) is 0 Å². The third-order valence-electron chi connectivity index (χ3n) is 2.22. The molecule has 0 aliphatic heterocycles. The first-order valence-electron chi connectivity index (χ1n) is 5.73. The molecule has 0 bridgehead atoms. The zero-order valence-corrected chi connectivity index (χ0v) is 11.1. The fourth-order valence-electron chi connectivity index (χ4n) is 1.42. The fourth-order valence-corrected chi connectivity index (χ4v) is 1.42. The summed E-state index contributed by atoms with van der Waals surface area (Å²) < 4.78 is 10.5. The van der Waals surface area contributed by atoms with Crippen molar-refractivity contribution in [2.24, 2.45) is 0 Å². The maximum absolute atomic E-state index is 11.5. The highest BCUT2D eigenvalue weighted by Gasteiger charge is 2.17. The van der Waals surface area contributed by atoms with Crippen LogP contribution in [0.1, 0.15) is 36.7 Å². The molecule has 18 heavy (non-hydrogen) atoms. The summed E-state index contributed by atoms with van der Waals surface area (Å²) in [7, 11) is 0. The zero-order valence-electron chi connectivity index (χ0n) is 11.1. The summed E-state index contributed by atoms with van der Waals surface area (Å²) in [4.78, 5) is 22.2. The molecule has 0 amide bonds. The normalized spacial score (nSPS) is 10.9. The summed E-state index contributed by atoms with van der Waals surface area (Å²) in [6, 6.07) is 5.12. The molecule has 0 atom stereocenters. The number of hydrogen-bond donors (Lipinski definition) is 0. The van der Waals surface area contributed by atoms with Crippen molar-refractivity contribution in [1.82, 2.24) is 0 Å². The van der Waals surface area contributed by atoms with E-state index < -0.39 is 11.6 Å². The van der Waals surface area contributed by atoms with Crippen LogP contribution >= 0.6 is 0 Å². The van der Waals surface area contributed by atoms with Crippen molar-refractivity contribution in [2.75, 3.05) is 6.61 Å². The molecule has 4 nitrogen and oxygen atoms in total. The van der Waals surface area contributed by atoms with Gasteiger partial charge in [0.15, 0.2) is 6.61 Å². The van der Waals surface area contributed by atoms with Gasteiger partial charge in [0.05, 0.1) is 0 Å². The Bertz CT molecular complexity index is 444. The number of carbonyl (C=O) groups excluding carboxylic acids is 2. The Balaban J connectivity index is 2.64. The predicted octanol–water partition coefficient (Wildman–Crippen LogP) is 2.53. The van der Waals surface area contributed by atoms with Gasteiger partial charge >= 0.3 is 5.97 Å². The number of hydrogen-bond acceptors (Lipinski definition) is 4. The molecule has 0 N–H and O–H groups in total. The first kappa shape index (κ1) is 14.2. The molecule has 0 aliphatic rings. The first-order chi connectivity index (χ1) is 8.33. The molecule has 0 fully saturated rings. The number of esters is 1. The fraction of sp³-hybridized carbons (Fsp3) is 0.429. The third-order valence-corrected chi connectivity index (χ3v) is 2.22. The summed E-state index contributed by atoms with van der Waals surface area (Å²) in [5.41, 5.74) is 0.743. The van der Waals surface area contributed by atoms with Gasteiger partial charge in [0.1, 0.15) is 17.6 Å². The van der Waals surface area contributed by atoms with Gasteiger partial charge < -0.3 is 9.47 Å². The average molecular weight is 250 g/mol. The number of rotatable bonds is 4. The number of benzene rings is 1. The lowest BCUT2D eigenvalue weighted by atomic mass is 10.1. The van der Waals surface area contributed by atoms with Crippen LogP contribution in [0.5, 0.6) is 5.75 Å². The van der Waals surface area contributed by atoms with Gasteiger partial charge in [-0.3, -0.25) is 4.79 Å². The van der Waals surface area contributed by atoms with E-state index in [9.17, 15) is 9.59 Å². The quantitative estimate of drug-likeness (QED) is 0.608. The lowest BCUT2D eigenvalue weighted by Crippen LogP contribution is -2.27. The molecule has 0 saturated heterocycles. The van der Waals surface area contributed by atoms with Crippen LogP contribution in [0.4, 0.5) is 0 Å². The maximum atomic E-state index is 11.5. The molecule has 0 heterocycles. The molecular weight excluding hydrogens is 232 g/mol. The minimum Gasteiger partial charge on any atom is -0.482 e. The molecule has 1 aromatic carbocycles. The number of aldehydes is 1. The van der Waals surface area contributed by atoms with Gasteiger partial charge in [0, 0.05) is 11.1 Å². The van der Waals surface area contributed by atoms with E-state index in [1.54, 1.807) is 45.9 Å². The highest BCUT2D eigenvalue weighted by Crippen LogP contribution is 2.20. The Hall–Kier alpha value is -1.84. The van der Waals surface area contributed by atoms with Gasteiger partial charge in [-0.2, -0.15) is 0 Å². The van der Waals surface area contributed by atoms with E-state index in [0.717, 1.165) is 11.8 Å². The minimum atomic E-state index is -0.528. The van der Waals surface area contributed by atoms with Crippen molar-refractivity contribution >= 4 is 12.3 Å². The molecule has 1 rings (SSSR count). The molecular formula is C14H18O4. The van der Waals surface area contributed by atoms with Crippen LogP contribution in [0.25, 0.3) is 0 Å². The molecule has 0 aromatic heterocycles. The van der Waals surface area contributed by atoms with Crippen molar-refractivity contribution < 1.29 is 19.1 Å². The maximum Gasteiger partial charge on any atom is 0.344 e. The predicted molar refractivity (Wildman–Crippen MR) is 67.9 cm³/mol. The van der Waals surface area contributed by atoms with E-state index >= 15 is 0 Å². The van der Waals surface area contributed by atoms with E-state index in [0.29, 0.717) is 11.3 Å². The summed E-state index contributed by atoms with van der Waals surface area (Å²) in [5, 5.41) is 0. The number of carbonyl (C=O) groups is 2. The van der Waals surface area contributed by atoms with Crippen LogP contribution < -0.4 is 4.74 Å². The largest absolute Gasteiger partial charge is 0.482 e. The summed E-state index contributed by atoms with van der Waals surface area (Å²) in [6.45, 7) is 6.99. The molecule has 4 heteroatoms.